The van der Waals surface area contributed by atoms with Crippen LogP contribution in [0.2, 0.25) is 0 Å². The predicted octanol–water partition coefficient (Wildman–Crippen LogP) is 1.45. The Morgan fingerprint density at radius 2 is 1.83 bits per heavy atom. The second kappa shape index (κ2) is 9.08. The fourth-order valence-corrected chi connectivity index (χ4v) is 2.66. The third kappa shape index (κ3) is 4.83. The fraction of sp³-hybridized carbons (Fsp3) is 0.444. The molecule has 1 heterocycles. The van der Waals surface area contributed by atoms with Crippen LogP contribution in [-0.2, 0) is 9.59 Å². The predicted molar refractivity (Wildman–Crippen MR) is 92.3 cm³/mol. The molecule has 0 spiro atoms. The van der Waals surface area contributed by atoms with Gasteiger partial charge in [-0.25, -0.2) is 0 Å². The molecule has 0 atom stereocenters. The van der Waals surface area contributed by atoms with Crippen molar-refractivity contribution in [2.24, 2.45) is 0 Å². The lowest BCUT2D eigenvalue weighted by molar-refractivity contribution is -0.127. The summed E-state index contributed by atoms with van der Waals surface area (Å²) in [6.45, 7) is 3.77. The number of hydrogen-bond donors (Lipinski definition) is 0. The lowest BCUT2D eigenvalue weighted by Crippen LogP contribution is -2.48. The highest BCUT2D eigenvalue weighted by Crippen LogP contribution is 2.27. The van der Waals surface area contributed by atoms with Crippen LogP contribution in [-0.4, -0.2) is 68.9 Å². The number of hydrogen-bond acceptors (Lipinski definition) is 5. The summed E-state index contributed by atoms with van der Waals surface area (Å²) in [7, 11) is 3.17. The zero-order valence-electron chi connectivity index (χ0n) is 14.2. The van der Waals surface area contributed by atoms with Gasteiger partial charge in [-0.2, -0.15) is 0 Å². The van der Waals surface area contributed by atoms with Crippen molar-refractivity contribution >= 4 is 18.3 Å². The topological polar surface area (TPSA) is 59.1 Å². The Labute approximate surface area is 142 Å². The van der Waals surface area contributed by atoms with Crippen LogP contribution in [0.25, 0.3) is 6.08 Å². The number of benzene rings is 1. The molecule has 1 aromatic rings. The molecule has 0 bridgehead atoms. The Hall–Kier alpha value is -2.34. The van der Waals surface area contributed by atoms with E-state index >= 15 is 0 Å². The maximum absolute atomic E-state index is 12.3. The molecule has 130 valence electrons. The molecule has 24 heavy (non-hydrogen) atoms. The van der Waals surface area contributed by atoms with Gasteiger partial charge in [0, 0.05) is 45.2 Å². The number of nitrogens with zero attached hydrogens (tertiary/aromatic N) is 2. The third-order valence-electron chi connectivity index (χ3n) is 4.07. The van der Waals surface area contributed by atoms with Gasteiger partial charge in [-0.3, -0.25) is 9.69 Å². The Morgan fingerprint density at radius 3 is 2.46 bits per heavy atom. The molecule has 0 aliphatic carbocycles. The van der Waals surface area contributed by atoms with Gasteiger partial charge >= 0.3 is 0 Å². The normalized spacial score (nSPS) is 15.5. The molecule has 0 saturated carbocycles. The van der Waals surface area contributed by atoms with Gasteiger partial charge in [-0.15, -0.1) is 0 Å². The quantitative estimate of drug-likeness (QED) is 0.559. The number of ether oxygens (including phenoxy) is 2. The van der Waals surface area contributed by atoms with Crippen LogP contribution >= 0.6 is 0 Å². The number of piperazine rings is 1. The minimum Gasteiger partial charge on any atom is -0.493 e. The first kappa shape index (κ1) is 18.0. The Bertz CT molecular complexity index is 593. The molecule has 2 rings (SSSR count). The molecular weight excluding hydrogens is 308 g/mol. The van der Waals surface area contributed by atoms with Gasteiger partial charge in [0.25, 0.3) is 0 Å². The Balaban J connectivity index is 1.90. The Morgan fingerprint density at radius 1 is 1.12 bits per heavy atom. The number of aldehydes is 1. The van der Waals surface area contributed by atoms with E-state index in [1.54, 1.807) is 26.4 Å². The van der Waals surface area contributed by atoms with Gasteiger partial charge in [0.05, 0.1) is 14.2 Å². The monoisotopic (exact) mass is 332 g/mol. The molecule has 1 amide bonds. The Kier molecular flexibility index (Phi) is 6.81. The van der Waals surface area contributed by atoms with E-state index in [-0.39, 0.29) is 5.91 Å². The van der Waals surface area contributed by atoms with Crippen molar-refractivity contribution in [3.05, 3.63) is 29.8 Å². The molecule has 1 aromatic carbocycles. The van der Waals surface area contributed by atoms with E-state index in [2.05, 4.69) is 4.90 Å². The van der Waals surface area contributed by atoms with Gasteiger partial charge in [0.1, 0.15) is 6.29 Å². The van der Waals surface area contributed by atoms with Crippen molar-refractivity contribution in [3.8, 4) is 11.5 Å². The molecule has 0 aromatic heterocycles. The zero-order valence-corrected chi connectivity index (χ0v) is 14.2. The summed E-state index contributed by atoms with van der Waals surface area (Å²) in [6, 6.07) is 5.53. The van der Waals surface area contributed by atoms with Crippen molar-refractivity contribution in [1.82, 2.24) is 9.80 Å². The number of rotatable bonds is 7. The highest BCUT2D eigenvalue weighted by molar-refractivity contribution is 5.92. The van der Waals surface area contributed by atoms with Crippen molar-refractivity contribution in [2.75, 3.05) is 46.9 Å². The van der Waals surface area contributed by atoms with E-state index in [1.165, 1.54) is 0 Å². The summed E-state index contributed by atoms with van der Waals surface area (Å²) >= 11 is 0. The first-order chi connectivity index (χ1) is 11.7. The second-order valence-electron chi connectivity index (χ2n) is 5.57. The summed E-state index contributed by atoms with van der Waals surface area (Å²) < 4.78 is 10.5. The number of methoxy groups -OCH3 is 2. The van der Waals surface area contributed by atoms with Crippen LogP contribution in [0.3, 0.4) is 0 Å². The van der Waals surface area contributed by atoms with E-state index in [0.717, 1.165) is 31.5 Å². The minimum absolute atomic E-state index is 0.000165. The van der Waals surface area contributed by atoms with Crippen molar-refractivity contribution < 1.29 is 19.1 Å². The molecule has 0 N–H and O–H groups in total. The summed E-state index contributed by atoms with van der Waals surface area (Å²) in [6.07, 6.45) is 4.85. The van der Waals surface area contributed by atoms with Crippen LogP contribution in [0.1, 0.15) is 12.0 Å². The molecule has 6 nitrogen and oxygen atoms in total. The minimum atomic E-state index is -0.000165. The van der Waals surface area contributed by atoms with Crippen LogP contribution in [0.4, 0.5) is 0 Å². The average Bonchev–Trinajstić information content (AvgIpc) is 2.64. The molecule has 0 radical (unpaired) electrons. The lowest BCUT2D eigenvalue weighted by Gasteiger charge is -2.33. The van der Waals surface area contributed by atoms with Crippen molar-refractivity contribution in [3.63, 3.8) is 0 Å². The van der Waals surface area contributed by atoms with Crippen LogP contribution in [0.5, 0.6) is 11.5 Å². The molecule has 1 aliphatic heterocycles. The summed E-state index contributed by atoms with van der Waals surface area (Å²) in [4.78, 5) is 26.7. The highest BCUT2D eigenvalue weighted by Gasteiger charge is 2.19. The van der Waals surface area contributed by atoms with E-state index in [4.69, 9.17) is 9.47 Å². The SMILES string of the molecule is COc1ccc(C=CC(=O)N2CCN(CCC=O)CC2)cc1OC. The molecule has 1 fully saturated rings. The van der Waals surface area contributed by atoms with Gasteiger partial charge in [-0.1, -0.05) is 6.07 Å². The summed E-state index contributed by atoms with van der Waals surface area (Å²) in [5.74, 6) is 1.29. The standard InChI is InChI=1S/C18H24N2O4/c1-23-16-6-4-15(14-17(16)24-2)5-7-18(22)20-11-9-19(10-12-20)8-3-13-21/h4-7,13-14H,3,8-12H2,1-2H3. The second-order valence-corrected chi connectivity index (χ2v) is 5.57. The first-order valence-corrected chi connectivity index (χ1v) is 8.03. The zero-order chi connectivity index (χ0) is 17.4. The molecular formula is C18H24N2O4. The molecule has 0 unspecified atom stereocenters. The lowest BCUT2D eigenvalue weighted by atomic mass is 10.2. The highest BCUT2D eigenvalue weighted by atomic mass is 16.5. The average molecular weight is 332 g/mol. The van der Waals surface area contributed by atoms with Gasteiger partial charge in [0.2, 0.25) is 5.91 Å². The van der Waals surface area contributed by atoms with E-state index < -0.39 is 0 Å². The van der Waals surface area contributed by atoms with Gasteiger partial charge in [-0.05, 0) is 23.8 Å². The molecule has 6 heteroatoms. The smallest absolute Gasteiger partial charge is 0.246 e. The third-order valence-corrected chi connectivity index (χ3v) is 4.07. The number of carbonyl (C=O) groups is 2. The molecule has 1 saturated heterocycles. The van der Waals surface area contributed by atoms with Crippen LogP contribution in [0.15, 0.2) is 24.3 Å². The van der Waals surface area contributed by atoms with Crippen molar-refractivity contribution in [2.45, 2.75) is 6.42 Å². The number of carbonyl (C=O) groups excluding carboxylic acids is 2. The maximum atomic E-state index is 12.3. The van der Waals surface area contributed by atoms with E-state index in [1.807, 2.05) is 23.1 Å². The first-order valence-electron chi connectivity index (χ1n) is 8.03. The number of amides is 1. The summed E-state index contributed by atoms with van der Waals surface area (Å²) in [5.41, 5.74) is 0.880. The summed E-state index contributed by atoms with van der Waals surface area (Å²) in [5, 5.41) is 0. The van der Waals surface area contributed by atoms with Crippen LogP contribution < -0.4 is 9.47 Å². The van der Waals surface area contributed by atoms with Gasteiger partial charge < -0.3 is 19.2 Å². The largest absolute Gasteiger partial charge is 0.493 e. The van der Waals surface area contributed by atoms with Gasteiger partial charge in [0.15, 0.2) is 11.5 Å². The molecule has 1 aliphatic rings. The van der Waals surface area contributed by atoms with E-state index in [9.17, 15) is 9.59 Å². The van der Waals surface area contributed by atoms with Crippen molar-refractivity contribution in [1.29, 1.82) is 0 Å². The van der Waals surface area contributed by atoms with E-state index in [0.29, 0.717) is 31.0 Å². The maximum Gasteiger partial charge on any atom is 0.246 e. The fourth-order valence-electron chi connectivity index (χ4n) is 2.66. The van der Waals surface area contributed by atoms with Crippen LogP contribution in [0, 0.1) is 0 Å².